The molecule has 12 nitrogen and oxygen atoms in total. The topological polar surface area (TPSA) is 180 Å². The monoisotopic (exact) mass is 408 g/mol. The third-order valence-electron chi connectivity index (χ3n) is 2.60. The van der Waals surface area contributed by atoms with Crippen LogP contribution >= 0.6 is 0 Å². The number of hydrogen-bond acceptors (Lipinski definition) is 12. The lowest BCUT2D eigenvalue weighted by Gasteiger charge is -2.19. The van der Waals surface area contributed by atoms with Gasteiger partial charge in [0.2, 0.25) is 0 Å². The van der Waals surface area contributed by atoms with Crippen molar-refractivity contribution in [3.8, 4) is 0 Å². The zero-order valence-corrected chi connectivity index (χ0v) is 15.9. The average Bonchev–Trinajstić information content (AvgIpc) is 2.60. The van der Waals surface area contributed by atoms with E-state index in [2.05, 4.69) is 18.9 Å². The molecule has 0 radical (unpaired) electrons. The summed E-state index contributed by atoms with van der Waals surface area (Å²) in [5, 5.41) is 17.5. The Morgan fingerprint density at radius 2 is 0.893 bits per heavy atom. The predicted octanol–water partition coefficient (Wildman–Crippen LogP) is -1.92. The van der Waals surface area contributed by atoms with E-state index in [1.165, 1.54) is 0 Å². The molecule has 0 saturated heterocycles. The number of esters is 4. The molecule has 0 rings (SSSR count). The van der Waals surface area contributed by atoms with Gasteiger partial charge < -0.3 is 29.2 Å². The molecule has 0 spiro atoms. The molecule has 0 heterocycles. The number of carbonyl (C=O) groups excluding carboxylic acids is 6. The first-order valence-electron chi connectivity index (χ1n) is 7.83. The van der Waals surface area contributed by atoms with Crippen molar-refractivity contribution in [2.24, 2.45) is 0 Å². The third kappa shape index (κ3) is 13.4. The van der Waals surface area contributed by atoms with Crippen molar-refractivity contribution in [3.05, 3.63) is 0 Å². The van der Waals surface area contributed by atoms with Crippen LogP contribution in [0.1, 0.15) is 27.7 Å². The van der Waals surface area contributed by atoms with Gasteiger partial charge in [-0.15, -0.1) is 0 Å². The van der Waals surface area contributed by atoms with Crippen LogP contribution in [0, 0.1) is 0 Å². The fourth-order valence-corrected chi connectivity index (χ4v) is 1.61. The van der Waals surface area contributed by atoms with Crippen molar-refractivity contribution in [1.82, 2.24) is 0 Å². The fourth-order valence-electron chi connectivity index (χ4n) is 1.61. The molecule has 160 valence electrons. The Bertz CT molecular complexity index is 496. The highest BCUT2D eigenvalue weighted by Crippen LogP contribution is 2.03. The van der Waals surface area contributed by atoms with Crippen LogP contribution in [0.3, 0.4) is 0 Å². The summed E-state index contributed by atoms with van der Waals surface area (Å²) in [4.78, 5) is 63.0. The first kappa shape index (κ1) is 27.4. The maximum absolute atomic E-state index is 10.5. The van der Waals surface area contributed by atoms with E-state index in [4.69, 9.17) is 10.2 Å². The Labute approximate surface area is 160 Å². The van der Waals surface area contributed by atoms with Gasteiger partial charge in [-0.1, -0.05) is 0 Å². The SMILES string of the molecule is CC(=O)OC(C=O)C(CO)OC(C)=O.CC(=O)OC(C=O)C(CO)OC(C)=O. The van der Waals surface area contributed by atoms with Crippen LogP contribution < -0.4 is 0 Å². The summed E-state index contributed by atoms with van der Waals surface area (Å²) >= 11 is 0. The Kier molecular flexibility index (Phi) is 14.9. The number of carbonyl (C=O) groups is 6. The van der Waals surface area contributed by atoms with Crippen molar-refractivity contribution in [3.63, 3.8) is 0 Å². The van der Waals surface area contributed by atoms with Crippen molar-refractivity contribution in [2.75, 3.05) is 13.2 Å². The van der Waals surface area contributed by atoms with Crippen LogP contribution in [0.15, 0.2) is 0 Å². The van der Waals surface area contributed by atoms with Gasteiger partial charge in [0.15, 0.2) is 37.0 Å². The number of ether oxygens (including phenoxy) is 4. The molecule has 0 aromatic heterocycles. The van der Waals surface area contributed by atoms with Crippen molar-refractivity contribution in [2.45, 2.75) is 52.1 Å². The lowest BCUT2D eigenvalue weighted by Crippen LogP contribution is -2.38. The first-order chi connectivity index (χ1) is 13.0. The van der Waals surface area contributed by atoms with Crippen molar-refractivity contribution < 1.29 is 57.9 Å². The summed E-state index contributed by atoms with van der Waals surface area (Å²) in [5.74, 6) is -2.70. The molecule has 0 aliphatic carbocycles. The number of aliphatic hydroxyl groups is 2. The van der Waals surface area contributed by atoms with Gasteiger partial charge in [0.05, 0.1) is 13.2 Å². The molecule has 0 aromatic rings. The summed E-state index contributed by atoms with van der Waals surface area (Å²) in [6.45, 7) is 3.29. The van der Waals surface area contributed by atoms with Crippen LogP contribution in [-0.4, -0.2) is 84.3 Å². The highest BCUT2D eigenvalue weighted by molar-refractivity contribution is 5.72. The van der Waals surface area contributed by atoms with Crippen LogP contribution in [0.2, 0.25) is 0 Å². The summed E-state index contributed by atoms with van der Waals surface area (Å²) in [7, 11) is 0. The zero-order chi connectivity index (χ0) is 22.3. The molecule has 28 heavy (non-hydrogen) atoms. The summed E-state index contributed by atoms with van der Waals surface area (Å²) < 4.78 is 18.1. The second-order valence-electron chi connectivity index (χ2n) is 5.08. The normalized spacial score (nSPS) is 13.9. The van der Waals surface area contributed by atoms with E-state index in [1.54, 1.807) is 0 Å². The van der Waals surface area contributed by atoms with Gasteiger partial charge in [-0.3, -0.25) is 28.8 Å². The third-order valence-corrected chi connectivity index (χ3v) is 2.60. The highest BCUT2D eigenvalue weighted by atomic mass is 16.6. The van der Waals surface area contributed by atoms with Crippen LogP contribution in [0.5, 0.6) is 0 Å². The highest BCUT2D eigenvalue weighted by Gasteiger charge is 2.26. The van der Waals surface area contributed by atoms with E-state index in [9.17, 15) is 28.8 Å². The lowest BCUT2D eigenvalue weighted by atomic mass is 10.2. The second-order valence-corrected chi connectivity index (χ2v) is 5.08. The van der Waals surface area contributed by atoms with E-state index in [0.29, 0.717) is 12.6 Å². The zero-order valence-electron chi connectivity index (χ0n) is 15.9. The Balaban J connectivity index is 0. The van der Waals surface area contributed by atoms with Crippen LogP contribution in [0.4, 0.5) is 0 Å². The maximum atomic E-state index is 10.5. The van der Waals surface area contributed by atoms with E-state index in [-0.39, 0.29) is 0 Å². The molecule has 0 fully saturated rings. The molecule has 4 unspecified atom stereocenters. The maximum Gasteiger partial charge on any atom is 0.303 e. The second kappa shape index (κ2) is 15.2. The van der Waals surface area contributed by atoms with Crippen molar-refractivity contribution >= 4 is 36.4 Å². The molecule has 2 N–H and O–H groups in total. The van der Waals surface area contributed by atoms with E-state index in [0.717, 1.165) is 27.7 Å². The molecule has 4 atom stereocenters. The summed E-state index contributed by atoms with van der Waals surface area (Å²) in [5.41, 5.74) is 0. The standard InChI is InChI=1S/2C8H12O6/c2*1-5(11)13-7(3-9)8(4-10)14-6(2)12/h2*3,7-8,10H,4H2,1-2H3. The van der Waals surface area contributed by atoms with Gasteiger partial charge in [0.25, 0.3) is 0 Å². The van der Waals surface area contributed by atoms with Gasteiger partial charge in [-0.05, 0) is 0 Å². The minimum Gasteiger partial charge on any atom is -0.456 e. The van der Waals surface area contributed by atoms with E-state index in [1.807, 2.05) is 0 Å². The quantitative estimate of drug-likeness (QED) is 0.233. The average molecular weight is 408 g/mol. The predicted molar refractivity (Wildman–Crippen MR) is 88.5 cm³/mol. The van der Waals surface area contributed by atoms with E-state index < -0.39 is 61.5 Å². The van der Waals surface area contributed by atoms with Gasteiger partial charge in [-0.2, -0.15) is 0 Å². The molecule has 0 amide bonds. The largest absolute Gasteiger partial charge is 0.456 e. The first-order valence-corrected chi connectivity index (χ1v) is 7.83. The molecule has 0 bridgehead atoms. The number of hydrogen-bond donors (Lipinski definition) is 2. The molecule has 0 aliphatic rings. The summed E-state index contributed by atoms with van der Waals surface area (Å²) in [6, 6.07) is 0. The number of aldehydes is 2. The molecule has 0 saturated carbocycles. The lowest BCUT2D eigenvalue weighted by molar-refractivity contribution is -0.169. The Morgan fingerprint density at radius 3 is 1.04 bits per heavy atom. The van der Waals surface area contributed by atoms with Gasteiger partial charge in [-0.25, -0.2) is 0 Å². The van der Waals surface area contributed by atoms with Crippen LogP contribution in [-0.2, 0) is 47.7 Å². The fraction of sp³-hybridized carbons (Fsp3) is 0.625. The van der Waals surface area contributed by atoms with Gasteiger partial charge >= 0.3 is 23.9 Å². The molecule has 0 aromatic carbocycles. The Hall–Kier alpha value is -2.86. The molecular formula is C16H24O12. The Morgan fingerprint density at radius 1 is 0.643 bits per heavy atom. The van der Waals surface area contributed by atoms with Crippen molar-refractivity contribution in [1.29, 1.82) is 0 Å². The number of rotatable bonds is 10. The molecule has 12 heteroatoms. The minimum absolute atomic E-state index is 0.297. The molecular weight excluding hydrogens is 384 g/mol. The van der Waals surface area contributed by atoms with E-state index >= 15 is 0 Å². The molecule has 0 aliphatic heterocycles. The van der Waals surface area contributed by atoms with Gasteiger partial charge in [0.1, 0.15) is 0 Å². The minimum atomic E-state index is -1.26. The van der Waals surface area contributed by atoms with Gasteiger partial charge in [0, 0.05) is 27.7 Å². The number of aliphatic hydroxyl groups excluding tert-OH is 2. The van der Waals surface area contributed by atoms with Crippen LogP contribution in [0.25, 0.3) is 0 Å². The smallest absolute Gasteiger partial charge is 0.303 e. The summed E-state index contributed by atoms with van der Waals surface area (Å²) in [6.07, 6.45) is -4.22.